The van der Waals surface area contributed by atoms with Crippen molar-refractivity contribution >= 4 is 17.6 Å². The van der Waals surface area contributed by atoms with E-state index in [0.29, 0.717) is 5.02 Å². The molecule has 3 nitrogen and oxygen atoms in total. The SMILES string of the molecule is Cc1ccc(Cl)cc1-c1ccc(C(O)CCC(=O)O)cc1. The lowest BCUT2D eigenvalue weighted by atomic mass is 9.97. The molecule has 0 aromatic heterocycles. The number of aliphatic hydroxyl groups excluding tert-OH is 1. The number of carboxylic acid groups (broad SMARTS) is 1. The van der Waals surface area contributed by atoms with Gasteiger partial charge in [0.2, 0.25) is 0 Å². The van der Waals surface area contributed by atoms with E-state index in [4.69, 9.17) is 16.7 Å². The first-order valence-corrected chi connectivity index (χ1v) is 7.11. The molecule has 0 saturated heterocycles. The Bertz CT molecular complexity index is 635. The van der Waals surface area contributed by atoms with Crippen LogP contribution in [0, 0.1) is 6.92 Å². The lowest BCUT2D eigenvalue weighted by Gasteiger charge is -2.12. The van der Waals surface area contributed by atoms with Gasteiger partial charge >= 0.3 is 5.97 Å². The summed E-state index contributed by atoms with van der Waals surface area (Å²) in [6.45, 7) is 2.02. The standard InChI is InChI=1S/C17H17ClO3/c1-11-2-7-14(18)10-15(11)12-3-5-13(6-4-12)16(19)8-9-17(20)21/h2-7,10,16,19H,8-9H2,1H3,(H,20,21). The van der Waals surface area contributed by atoms with Crippen LogP contribution in [-0.4, -0.2) is 16.2 Å². The van der Waals surface area contributed by atoms with E-state index in [2.05, 4.69) is 0 Å². The molecular weight excluding hydrogens is 288 g/mol. The second-order valence-corrected chi connectivity index (χ2v) is 5.47. The molecule has 0 saturated carbocycles. The molecule has 0 radical (unpaired) electrons. The molecule has 21 heavy (non-hydrogen) atoms. The van der Waals surface area contributed by atoms with Gasteiger partial charge in [0.05, 0.1) is 6.10 Å². The number of hydrogen-bond donors (Lipinski definition) is 2. The Morgan fingerprint density at radius 2 is 1.86 bits per heavy atom. The summed E-state index contributed by atoms with van der Waals surface area (Å²) in [5, 5.41) is 19.3. The van der Waals surface area contributed by atoms with Crippen molar-refractivity contribution < 1.29 is 15.0 Å². The van der Waals surface area contributed by atoms with E-state index in [1.807, 2.05) is 49.4 Å². The maximum Gasteiger partial charge on any atom is 0.303 e. The number of carbonyl (C=O) groups is 1. The number of hydrogen-bond acceptors (Lipinski definition) is 2. The van der Waals surface area contributed by atoms with Crippen molar-refractivity contribution in [3.05, 3.63) is 58.6 Å². The monoisotopic (exact) mass is 304 g/mol. The maximum absolute atomic E-state index is 10.5. The highest BCUT2D eigenvalue weighted by molar-refractivity contribution is 6.30. The van der Waals surface area contributed by atoms with Gasteiger partial charge in [-0.1, -0.05) is 41.9 Å². The van der Waals surface area contributed by atoms with Crippen molar-refractivity contribution in [2.75, 3.05) is 0 Å². The van der Waals surface area contributed by atoms with Crippen molar-refractivity contribution in [3.63, 3.8) is 0 Å². The molecule has 1 atom stereocenters. The van der Waals surface area contributed by atoms with Crippen LogP contribution < -0.4 is 0 Å². The second kappa shape index (κ2) is 6.74. The van der Waals surface area contributed by atoms with E-state index in [0.717, 1.165) is 22.3 Å². The van der Waals surface area contributed by atoms with Crippen LogP contribution >= 0.6 is 11.6 Å². The topological polar surface area (TPSA) is 57.5 Å². The van der Waals surface area contributed by atoms with Gasteiger partial charge < -0.3 is 10.2 Å². The fourth-order valence-electron chi connectivity index (χ4n) is 2.22. The molecule has 0 aliphatic rings. The van der Waals surface area contributed by atoms with Crippen molar-refractivity contribution in [3.8, 4) is 11.1 Å². The third kappa shape index (κ3) is 4.06. The zero-order valence-electron chi connectivity index (χ0n) is 11.7. The molecule has 0 aliphatic carbocycles. The molecule has 0 bridgehead atoms. The van der Waals surface area contributed by atoms with Crippen molar-refractivity contribution in [1.82, 2.24) is 0 Å². The summed E-state index contributed by atoms with van der Waals surface area (Å²) in [7, 11) is 0. The van der Waals surface area contributed by atoms with E-state index in [1.165, 1.54) is 0 Å². The normalized spacial score (nSPS) is 12.1. The fourth-order valence-corrected chi connectivity index (χ4v) is 2.39. The van der Waals surface area contributed by atoms with Crippen LogP contribution in [0.15, 0.2) is 42.5 Å². The lowest BCUT2D eigenvalue weighted by molar-refractivity contribution is -0.137. The van der Waals surface area contributed by atoms with Crippen LogP contribution in [0.25, 0.3) is 11.1 Å². The Hall–Kier alpha value is -1.84. The Balaban J connectivity index is 2.18. The van der Waals surface area contributed by atoms with Crippen LogP contribution in [0.1, 0.15) is 30.1 Å². The minimum Gasteiger partial charge on any atom is -0.481 e. The van der Waals surface area contributed by atoms with Crippen LogP contribution in [0.5, 0.6) is 0 Å². The first-order chi connectivity index (χ1) is 9.97. The molecule has 1 unspecified atom stereocenters. The molecule has 0 spiro atoms. The van der Waals surface area contributed by atoms with Crippen molar-refractivity contribution in [2.45, 2.75) is 25.9 Å². The van der Waals surface area contributed by atoms with Gasteiger partial charge in [0.1, 0.15) is 0 Å². The first-order valence-electron chi connectivity index (χ1n) is 6.73. The van der Waals surface area contributed by atoms with E-state index in [1.54, 1.807) is 0 Å². The summed E-state index contributed by atoms with van der Waals surface area (Å²) in [6.07, 6.45) is -0.586. The number of aryl methyl sites for hydroxylation is 1. The third-order valence-electron chi connectivity index (χ3n) is 3.44. The average Bonchev–Trinajstić information content (AvgIpc) is 2.47. The summed E-state index contributed by atoms with van der Waals surface area (Å²) < 4.78 is 0. The van der Waals surface area contributed by atoms with Crippen molar-refractivity contribution in [2.24, 2.45) is 0 Å². The molecule has 0 aliphatic heterocycles. The van der Waals surface area contributed by atoms with Crippen LogP contribution in [-0.2, 0) is 4.79 Å². The van der Waals surface area contributed by atoms with Crippen LogP contribution in [0.4, 0.5) is 0 Å². The molecular formula is C17H17ClO3. The minimum atomic E-state index is -0.903. The zero-order valence-corrected chi connectivity index (χ0v) is 12.5. The third-order valence-corrected chi connectivity index (χ3v) is 3.67. The van der Waals surface area contributed by atoms with Gasteiger partial charge in [-0.3, -0.25) is 4.79 Å². The van der Waals surface area contributed by atoms with Gasteiger partial charge in [0.25, 0.3) is 0 Å². The Kier molecular flexibility index (Phi) is 4.99. The molecule has 0 fully saturated rings. The Labute approximate surface area is 128 Å². The number of carboxylic acids is 1. The molecule has 4 heteroatoms. The maximum atomic E-state index is 10.5. The summed E-state index contributed by atoms with van der Waals surface area (Å²) >= 11 is 6.02. The molecule has 2 rings (SSSR count). The molecule has 2 aromatic rings. The number of aliphatic hydroxyl groups is 1. The highest BCUT2D eigenvalue weighted by Crippen LogP contribution is 2.28. The molecule has 110 valence electrons. The molecule has 0 amide bonds. The number of halogens is 1. The largest absolute Gasteiger partial charge is 0.481 e. The first kappa shape index (κ1) is 15.5. The summed E-state index contributed by atoms with van der Waals surface area (Å²) in [5.74, 6) is -0.903. The predicted molar refractivity (Wildman–Crippen MR) is 83.5 cm³/mol. The van der Waals surface area contributed by atoms with Gasteiger partial charge in [-0.2, -0.15) is 0 Å². The quantitative estimate of drug-likeness (QED) is 0.869. The number of rotatable bonds is 5. The van der Waals surface area contributed by atoms with Gasteiger partial charge in [-0.25, -0.2) is 0 Å². The van der Waals surface area contributed by atoms with E-state index in [9.17, 15) is 9.90 Å². The summed E-state index contributed by atoms with van der Waals surface area (Å²) in [4.78, 5) is 10.5. The molecule has 2 aromatic carbocycles. The summed E-state index contributed by atoms with van der Waals surface area (Å²) in [6, 6.07) is 13.2. The van der Waals surface area contributed by atoms with Gasteiger partial charge in [-0.15, -0.1) is 0 Å². The molecule has 0 heterocycles. The zero-order chi connectivity index (χ0) is 15.4. The molecule has 2 N–H and O–H groups in total. The minimum absolute atomic E-state index is 0.0453. The Morgan fingerprint density at radius 1 is 1.19 bits per heavy atom. The van der Waals surface area contributed by atoms with E-state index >= 15 is 0 Å². The highest BCUT2D eigenvalue weighted by atomic mass is 35.5. The summed E-state index contributed by atoms with van der Waals surface area (Å²) in [5.41, 5.74) is 3.91. The fraction of sp³-hybridized carbons (Fsp3) is 0.235. The predicted octanol–water partition coefficient (Wildman–Crippen LogP) is 4.21. The van der Waals surface area contributed by atoms with E-state index < -0.39 is 12.1 Å². The van der Waals surface area contributed by atoms with E-state index in [-0.39, 0.29) is 12.8 Å². The van der Waals surface area contributed by atoms with Gasteiger partial charge in [-0.05, 0) is 47.7 Å². The Morgan fingerprint density at radius 3 is 2.48 bits per heavy atom. The lowest BCUT2D eigenvalue weighted by Crippen LogP contribution is -2.02. The smallest absolute Gasteiger partial charge is 0.303 e. The average molecular weight is 305 g/mol. The number of aliphatic carboxylic acids is 1. The van der Waals surface area contributed by atoms with Crippen LogP contribution in [0.2, 0.25) is 5.02 Å². The van der Waals surface area contributed by atoms with Crippen molar-refractivity contribution in [1.29, 1.82) is 0 Å². The highest BCUT2D eigenvalue weighted by Gasteiger charge is 2.10. The van der Waals surface area contributed by atoms with Gasteiger partial charge in [0.15, 0.2) is 0 Å². The second-order valence-electron chi connectivity index (χ2n) is 5.03. The number of benzene rings is 2. The van der Waals surface area contributed by atoms with Gasteiger partial charge in [0, 0.05) is 11.4 Å². The van der Waals surface area contributed by atoms with Crippen LogP contribution in [0.3, 0.4) is 0 Å².